The van der Waals surface area contributed by atoms with Gasteiger partial charge in [-0.15, -0.1) is 0 Å². The molecule has 0 heterocycles. The Balaban J connectivity index is 2.18. The molecule has 2 atom stereocenters. The number of benzene rings is 1. The molecule has 20 heavy (non-hydrogen) atoms. The van der Waals surface area contributed by atoms with Gasteiger partial charge in [-0.1, -0.05) is 25.0 Å². The Bertz CT molecular complexity index is 478. The zero-order chi connectivity index (χ0) is 14.5. The van der Waals surface area contributed by atoms with E-state index in [-0.39, 0.29) is 23.4 Å². The Morgan fingerprint density at radius 2 is 1.85 bits per heavy atom. The molecular formula is C16H20O4. The van der Waals surface area contributed by atoms with Gasteiger partial charge < -0.3 is 9.84 Å². The quantitative estimate of drug-likeness (QED) is 0.858. The molecule has 0 bridgehead atoms. The van der Waals surface area contributed by atoms with E-state index in [0.29, 0.717) is 6.61 Å². The summed E-state index contributed by atoms with van der Waals surface area (Å²) in [6, 6.07) is 6.86. The number of carbonyl (C=O) groups excluding carboxylic acids is 1. The van der Waals surface area contributed by atoms with E-state index in [1.807, 2.05) is 19.1 Å². The van der Waals surface area contributed by atoms with E-state index >= 15 is 0 Å². The number of hydrogen-bond acceptors (Lipinski definition) is 3. The first-order valence-electron chi connectivity index (χ1n) is 7.13. The molecule has 1 aromatic rings. The largest absolute Gasteiger partial charge is 0.478 e. The van der Waals surface area contributed by atoms with Gasteiger partial charge >= 0.3 is 11.9 Å². The van der Waals surface area contributed by atoms with Crippen molar-refractivity contribution in [3.8, 4) is 0 Å². The van der Waals surface area contributed by atoms with Gasteiger partial charge in [0.2, 0.25) is 0 Å². The first-order chi connectivity index (χ1) is 9.63. The van der Waals surface area contributed by atoms with Gasteiger partial charge in [0.15, 0.2) is 0 Å². The topological polar surface area (TPSA) is 63.6 Å². The van der Waals surface area contributed by atoms with Crippen molar-refractivity contribution in [2.45, 2.75) is 38.5 Å². The van der Waals surface area contributed by atoms with Crippen molar-refractivity contribution in [1.29, 1.82) is 0 Å². The highest BCUT2D eigenvalue weighted by molar-refractivity contribution is 5.87. The van der Waals surface area contributed by atoms with Crippen molar-refractivity contribution in [2.75, 3.05) is 6.61 Å². The third-order valence-corrected chi connectivity index (χ3v) is 3.94. The summed E-state index contributed by atoms with van der Waals surface area (Å²) in [6.07, 6.45) is 3.95. The van der Waals surface area contributed by atoms with E-state index in [1.165, 1.54) is 0 Å². The number of carboxylic acids is 1. The van der Waals surface area contributed by atoms with Crippen molar-refractivity contribution in [2.24, 2.45) is 5.92 Å². The smallest absolute Gasteiger partial charge is 0.335 e. The third kappa shape index (κ3) is 3.18. The van der Waals surface area contributed by atoms with Gasteiger partial charge in [0.25, 0.3) is 0 Å². The van der Waals surface area contributed by atoms with Gasteiger partial charge in [0.05, 0.1) is 18.1 Å². The SMILES string of the molecule is CCOC(=O)C1CCCCC1c1ccc(C(=O)O)cc1. The Hall–Kier alpha value is -1.84. The van der Waals surface area contributed by atoms with Crippen LogP contribution in [0.4, 0.5) is 0 Å². The molecule has 108 valence electrons. The van der Waals surface area contributed by atoms with Crippen molar-refractivity contribution in [3.05, 3.63) is 35.4 Å². The number of carboxylic acid groups (broad SMARTS) is 1. The zero-order valence-corrected chi connectivity index (χ0v) is 11.7. The fraction of sp³-hybridized carbons (Fsp3) is 0.500. The van der Waals surface area contributed by atoms with Crippen molar-refractivity contribution < 1.29 is 19.4 Å². The van der Waals surface area contributed by atoms with E-state index in [4.69, 9.17) is 9.84 Å². The maximum Gasteiger partial charge on any atom is 0.335 e. The van der Waals surface area contributed by atoms with Gasteiger partial charge in [-0.25, -0.2) is 4.79 Å². The Morgan fingerprint density at radius 3 is 2.45 bits per heavy atom. The van der Waals surface area contributed by atoms with E-state index in [2.05, 4.69) is 0 Å². The highest BCUT2D eigenvalue weighted by Gasteiger charge is 2.32. The lowest BCUT2D eigenvalue weighted by atomic mass is 9.75. The molecule has 1 N–H and O–H groups in total. The lowest BCUT2D eigenvalue weighted by Crippen LogP contribution is -2.27. The van der Waals surface area contributed by atoms with Crippen LogP contribution in [0.2, 0.25) is 0 Å². The summed E-state index contributed by atoms with van der Waals surface area (Å²) in [6.45, 7) is 2.22. The van der Waals surface area contributed by atoms with Crippen LogP contribution in [0.25, 0.3) is 0 Å². The predicted octanol–water partition coefficient (Wildman–Crippen LogP) is 3.22. The normalized spacial score (nSPS) is 22.2. The second-order valence-corrected chi connectivity index (χ2v) is 5.18. The van der Waals surface area contributed by atoms with Gasteiger partial charge in [-0.2, -0.15) is 0 Å². The molecule has 4 heteroatoms. The lowest BCUT2D eigenvalue weighted by Gasteiger charge is -2.30. The molecule has 0 amide bonds. The van der Waals surface area contributed by atoms with Crippen LogP contribution < -0.4 is 0 Å². The standard InChI is InChI=1S/C16H20O4/c1-2-20-16(19)14-6-4-3-5-13(14)11-7-9-12(10-8-11)15(17)18/h7-10,13-14H,2-6H2,1H3,(H,17,18). The minimum atomic E-state index is -0.929. The molecule has 4 nitrogen and oxygen atoms in total. The lowest BCUT2D eigenvalue weighted by molar-refractivity contribution is -0.149. The molecule has 2 unspecified atom stereocenters. The van der Waals surface area contributed by atoms with E-state index < -0.39 is 5.97 Å². The summed E-state index contributed by atoms with van der Waals surface area (Å²) < 4.78 is 5.16. The second-order valence-electron chi connectivity index (χ2n) is 5.18. The van der Waals surface area contributed by atoms with Crippen LogP contribution in [0.15, 0.2) is 24.3 Å². The first kappa shape index (κ1) is 14.6. The summed E-state index contributed by atoms with van der Waals surface area (Å²) >= 11 is 0. The second kappa shape index (κ2) is 6.55. The molecule has 0 saturated heterocycles. The summed E-state index contributed by atoms with van der Waals surface area (Å²) in [5.74, 6) is -1.01. The number of esters is 1. The predicted molar refractivity (Wildman–Crippen MR) is 74.7 cm³/mol. The van der Waals surface area contributed by atoms with Gasteiger partial charge in [-0.05, 0) is 43.4 Å². The van der Waals surface area contributed by atoms with Gasteiger partial charge in [-0.3, -0.25) is 4.79 Å². The minimum absolute atomic E-state index is 0.0978. The molecule has 0 aliphatic heterocycles. The summed E-state index contributed by atoms with van der Waals surface area (Å²) in [4.78, 5) is 22.9. The molecule has 2 rings (SSSR count). The molecule has 1 fully saturated rings. The van der Waals surface area contributed by atoms with Crippen LogP contribution in [0.1, 0.15) is 54.4 Å². The number of aromatic carboxylic acids is 1. The van der Waals surface area contributed by atoms with E-state index in [1.54, 1.807) is 12.1 Å². The zero-order valence-electron chi connectivity index (χ0n) is 11.7. The fourth-order valence-electron chi connectivity index (χ4n) is 2.93. The van der Waals surface area contributed by atoms with Crippen LogP contribution in [0, 0.1) is 5.92 Å². The molecule has 0 spiro atoms. The molecular weight excluding hydrogens is 256 g/mol. The maximum atomic E-state index is 12.0. The molecule has 1 aromatic carbocycles. The van der Waals surface area contributed by atoms with E-state index in [0.717, 1.165) is 31.2 Å². The monoisotopic (exact) mass is 276 g/mol. The summed E-state index contributed by atoms with van der Waals surface area (Å²) in [7, 11) is 0. The van der Waals surface area contributed by atoms with Crippen LogP contribution in [0.3, 0.4) is 0 Å². The van der Waals surface area contributed by atoms with Gasteiger partial charge in [0, 0.05) is 0 Å². The van der Waals surface area contributed by atoms with Crippen molar-refractivity contribution in [3.63, 3.8) is 0 Å². The van der Waals surface area contributed by atoms with Crippen LogP contribution in [-0.4, -0.2) is 23.7 Å². The summed E-state index contributed by atoms with van der Waals surface area (Å²) in [5.41, 5.74) is 1.31. The van der Waals surface area contributed by atoms with Crippen LogP contribution in [-0.2, 0) is 9.53 Å². The fourth-order valence-corrected chi connectivity index (χ4v) is 2.93. The number of ether oxygens (including phenoxy) is 1. The Kier molecular flexibility index (Phi) is 4.77. The number of hydrogen-bond donors (Lipinski definition) is 1. The summed E-state index contributed by atoms with van der Waals surface area (Å²) in [5, 5.41) is 8.92. The van der Waals surface area contributed by atoms with Crippen molar-refractivity contribution in [1.82, 2.24) is 0 Å². The highest BCUT2D eigenvalue weighted by Crippen LogP contribution is 2.38. The van der Waals surface area contributed by atoms with Gasteiger partial charge in [0.1, 0.15) is 0 Å². The van der Waals surface area contributed by atoms with Crippen LogP contribution in [0.5, 0.6) is 0 Å². The number of rotatable bonds is 4. The molecule has 0 radical (unpaired) electrons. The van der Waals surface area contributed by atoms with E-state index in [9.17, 15) is 9.59 Å². The highest BCUT2D eigenvalue weighted by atomic mass is 16.5. The Morgan fingerprint density at radius 1 is 1.20 bits per heavy atom. The molecule has 1 saturated carbocycles. The molecule has 1 aliphatic carbocycles. The molecule has 1 aliphatic rings. The Labute approximate surface area is 118 Å². The number of carbonyl (C=O) groups is 2. The van der Waals surface area contributed by atoms with Crippen LogP contribution >= 0.6 is 0 Å². The third-order valence-electron chi connectivity index (χ3n) is 3.94. The average Bonchev–Trinajstić information content (AvgIpc) is 2.47. The minimum Gasteiger partial charge on any atom is -0.478 e. The van der Waals surface area contributed by atoms with Crippen molar-refractivity contribution >= 4 is 11.9 Å². The average molecular weight is 276 g/mol. The maximum absolute atomic E-state index is 12.0. The molecule has 0 aromatic heterocycles. The first-order valence-corrected chi connectivity index (χ1v) is 7.13.